The maximum atomic E-state index is 13.1. The van der Waals surface area contributed by atoms with Gasteiger partial charge in [-0.25, -0.2) is 9.13 Å². The first-order valence-corrected chi connectivity index (χ1v) is 44.3. The molecule has 0 aromatic carbocycles. The van der Waals surface area contributed by atoms with E-state index < -0.39 is 97.5 Å². The second-order valence-electron chi connectivity index (χ2n) is 30.2. The van der Waals surface area contributed by atoms with Crippen LogP contribution < -0.4 is 0 Å². The van der Waals surface area contributed by atoms with Crippen LogP contribution in [0.1, 0.15) is 414 Å². The van der Waals surface area contributed by atoms with Gasteiger partial charge in [0, 0.05) is 25.7 Å². The van der Waals surface area contributed by atoms with Gasteiger partial charge in [-0.2, -0.15) is 0 Å². The number of carbonyl (C=O) groups excluding carboxylic acids is 4. The predicted octanol–water partition coefficient (Wildman–Crippen LogP) is 23.7. The van der Waals surface area contributed by atoms with Crippen molar-refractivity contribution in [2.24, 2.45) is 17.8 Å². The highest BCUT2D eigenvalue weighted by Crippen LogP contribution is 2.45. The zero-order chi connectivity index (χ0) is 73.0. The number of esters is 4. The van der Waals surface area contributed by atoms with E-state index >= 15 is 0 Å². The van der Waals surface area contributed by atoms with Crippen LogP contribution in [0.25, 0.3) is 0 Å². The van der Waals surface area contributed by atoms with Crippen molar-refractivity contribution in [1.29, 1.82) is 0 Å². The Morgan fingerprint density at radius 2 is 0.465 bits per heavy atom. The van der Waals surface area contributed by atoms with Crippen LogP contribution in [0, 0.1) is 17.8 Å². The van der Waals surface area contributed by atoms with Crippen LogP contribution in [-0.2, 0) is 65.4 Å². The summed E-state index contributed by atoms with van der Waals surface area (Å²) < 4.78 is 68.6. The summed E-state index contributed by atoms with van der Waals surface area (Å²) in [6, 6.07) is 0. The van der Waals surface area contributed by atoms with Gasteiger partial charge in [-0.05, 0) is 43.4 Å². The maximum absolute atomic E-state index is 13.1. The van der Waals surface area contributed by atoms with Gasteiger partial charge in [-0.1, -0.05) is 363 Å². The summed E-state index contributed by atoms with van der Waals surface area (Å²) in [5.41, 5.74) is 0. The number of carbonyl (C=O) groups is 4. The molecule has 0 rings (SSSR count). The Bertz CT molecular complexity index is 1920. The Hall–Kier alpha value is -1.94. The first kappa shape index (κ1) is 97.1. The molecule has 0 saturated heterocycles. The lowest BCUT2D eigenvalue weighted by atomic mass is 10.0. The van der Waals surface area contributed by atoms with Crippen LogP contribution >= 0.6 is 15.6 Å². The molecule has 0 fully saturated rings. The normalized spacial score (nSPS) is 14.0. The number of aliphatic hydroxyl groups excluding tert-OH is 1. The van der Waals surface area contributed by atoms with Crippen LogP contribution in [-0.4, -0.2) is 96.7 Å². The molecule has 0 aromatic heterocycles. The van der Waals surface area contributed by atoms with Gasteiger partial charge in [-0.3, -0.25) is 37.3 Å². The molecule has 0 amide bonds. The lowest BCUT2D eigenvalue weighted by Gasteiger charge is -2.21. The molecule has 0 aromatic rings. The number of hydrogen-bond acceptors (Lipinski definition) is 15. The summed E-state index contributed by atoms with van der Waals surface area (Å²) in [6.07, 6.45) is 58.6. The molecular weight excluding hydrogens is 1290 g/mol. The maximum Gasteiger partial charge on any atom is 0.472 e. The molecule has 0 spiro atoms. The Balaban J connectivity index is 5.19. The first-order valence-electron chi connectivity index (χ1n) is 41.3. The summed E-state index contributed by atoms with van der Waals surface area (Å²) in [5.74, 6) is 0.0963. The largest absolute Gasteiger partial charge is 0.472 e. The van der Waals surface area contributed by atoms with E-state index in [0.29, 0.717) is 31.6 Å². The number of phosphoric acid groups is 2. The molecule has 2 unspecified atom stereocenters. The molecular formula is C80H156O17P2. The standard InChI is InChI=1S/C80H156O17P2/c1-8-9-10-11-12-13-14-15-16-17-18-19-20-21-22-23-24-29-35-40-49-56-63-79(84)96-75(67-90-77(82)61-54-47-39-34-28-26-25-27-32-37-44-51-58-71(2)3)69-94-98(86,87)92-65-74(81)66-93-99(88,89)95-70-76(68-91-78(83)62-55-48-43-42-46-53-60-73(6)7)97-80(85)64-57-50-41-36-31-30-33-38-45-52-59-72(4)5/h71-76,81H,8-70H2,1-7H3,(H,86,87)(H,88,89)/t74-,75-,76-/m1/s1. The highest BCUT2D eigenvalue weighted by Gasteiger charge is 2.30. The lowest BCUT2D eigenvalue weighted by molar-refractivity contribution is -0.161. The second-order valence-corrected chi connectivity index (χ2v) is 33.1. The highest BCUT2D eigenvalue weighted by molar-refractivity contribution is 7.47. The number of hydrogen-bond donors (Lipinski definition) is 3. The molecule has 0 radical (unpaired) electrons. The summed E-state index contributed by atoms with van der Waals surface area (Å²) in [5, 5.41) is 10.6. The van der Waals surface area contributed by atoms with Crippen LogP contribution in [0.5, 0.6) is 0 Å². The molecule has 0 heterocycles. The van der Waals surface area contributed by atoms with Crippen molar-refractivity contribution in [3.05, 3.63) is 0 Å². The van der Waals surface area contributed by atoms with Crippen LogP contribution in [0.3, 0.4) is 0 Å². The summed E-state index contributed by atoms with van der Waals surface area (Å²) in [7, 11) is -9.92. The van der Waals surface area contributed by atoms with E-state index in [1.54, 1.807) is 0 Å². The molecule has 0 aliphatic carbocycles. The fourth-order valence-corrected chi connectivity index (χ4v) is 13.9. The summed E-state index contributed by atoms with van der Waals surface area (Å²) in [4.78, 5) is 72.9. The molecule has 5 atom stereocenters. The minimum atomic E-state index is -4.96. The average molecular weight is 1450 g/mol. The van der Waals surface area contributed by atoms with Gasteiger partial charge in [0.15, 0.2) is 12.2 Å². The van der Waals surface area contributed by atoms with E-state index in [1.165, 1.54) is 218 Å². The Kier molecular flexibility index (Phi) is 69.0. The summed E-state index contributed by atoms with van der Waals surface area (Å²) in [6.45, 7) is 11.8. The van der Waals surface area contributed by atoms with Gasteiger partial charge in [0.2, 0.25) is 0 Å². The number of aliphatic hydroxyl groups is 1. The third-order valence-electron chi connectivity index (χ3n) is 18.6. The van der Waals surface area contributed by atoms with Crippen molar-refractivity contribution < 1.29 is 80.2 Å². The molecule has 3 N–H and O–H groups in total. The molecule has 0 bridgehead atoms. The number of unbranched alkanes of at least 4 members (excludes halogenated alkanes) is 46. The molecule has 588 valence electrons. The Labute approximate surface area is 607 Å². The smallest absolute Gasteiger partial charge is 0.462 e. The zero-order valence-corrected chi connectivity index (χ0v) is 66.8. The quantitative estimate of drug-likeness (QED) is 0.0222. The van der Waals surface area contributed by atoms with Crippen molar-refractivity contribution in [1.82, 2.24) is 0 Å². The first-order chi connectivity index (χ1) is 47.7. The average Bonchev–Trinajstić information content (AvgIpc) is 0.965. The number of rotatable bonds is 78. The predicted molar refractivity (Wildman–Crippen MR) is 405 cm³/mol. The molecule has 0 aliphatic rings. The van der Waals surface area contributed by atoms with Crippen molar-refractivity contribution in [2.75, 3.05) is 39.6 Å². The van der Waals surface area contributed by atoms with Gasteiger partial charge >= 0.3 is 39.5 Å². The minimum Gasteiger partial charge on any atom is -0.462 e. The summed E-state index contributed by atoms with van der Waals surface area (Å²) >= 11 is 0. The van der Waals surface area contributed by atoms with Crippen molar-refractivity contribution in [3.63, 3.8) is 0 Å². The van der Waals surface area contributed by atoms with Crippen molar-refractivity contribution in [2.45, 2.75) is 433 Å². The van der Waals surface area contributed by atoms with Gasteiger partial charge in [0.1, 0.15) is 19.3 Å². The third kappa shape index (κ3) is 74.1. The van der Waals surface area contributed by atoms with E-state index in [0.717, 1.165) is 108 Å². The fraction of sp³-hybridized carbons (Fsp3) is 0.950. The van der Waals surface area contributed by atoms with E-state index in [1.807, 2.05) is 0 Å². The fourth-order valence-electron chi connectivity index (χ4n) is 12.3. The van der Waals surface area contributed by atoms with Gasteiger partial charge in [0.05, 0.1) is 26.4 Å². The Morgan fingerprint density at radius 3 is 0.687 bits per heavy atom. The van der Waals surface area contributed by atoms with E-state index in [9.17, 15) is 43.2 Å². The van der Waals surface area contributed by atoms with Crippen LogP contribution in [0.15, 0.2) is 0 Å². The topological polar surface area (TPSA) is 237 Å². The molecule has 0 aliphatic heterocycles. The van der Waals surface area contributed by atoms with E-state index in [4.69, 9.17) is 37.0 Å². The van der Waals surface area contributed by atoms with Crippen LogP contribution in [0.4, 0.5) is 0 Å². The monoisotopic (exact) mass is 1450 g/mol. The minimum absolute atomic E-state index is 0.105. The van der Waals surface area contributed by atoms with Gasteiger partial charge in [0.25, 0.3) is 0 Å². The van der Waals surface area contributed by atoms with Crippen molar-refractivity contribution in [3.8, 4) is 0 Å². The van der Waals surface area contributed by atoms with Gasteiger partial charge < -0.3 is 33.8 Å². The molecule has 19 heteroatoms. The number of phosphoric ester groups is 2. The molecule has 17 nitrogen and oxygen atoms in total. The molecule has 0 saturated carbocycles. The number of ether oxygens (including phenoxy) is 4. The van der Waals surface area contributed by atoms with E-state index in [2.05, 4.69) is 48.5 Å². The molecule has 99 heavy (non-hydrogen) atoms. The van der Waals surface area contributed by atoms with Crippen molar-refractivity contribution >= 4 is 39.5 Å². The Morgan fingerprint density at radius 1 is 0.273 bits per heavy atom. The van der Waals surface area contributed by atoms with Crippen LogP contribution in [0.2, 0.25) is 0 Å². The zero-order valence-electron chi connectivity index (χ0n) is 65.0. The van der Waals surface area contributed by atoms with E-state index in [-0.39, 0.29) is 25.7 Å². The lowest BCUT2D eigenvalue weighted by Crippen LogP contribution is -2.30. The highest BCUT2D eigenvalue weighted by atomic mass is 31.2. The SMILES string of the molecule is CCCCCCCCCCCCCCCCCCCCCCCCC(=O)O[C@H](COC(=O)CCCCCCCCCCCCCCC(C)C)COP(=O)(O)OC[C@@H](O)COP(=O)(O)OC[C@@H](COC(=O)CCCCCCCCC(C)C)OC(=O)CCCCCCCCCCCCC(C)C. The van der Waals surface area contributed by atoms with Gasteiger partial charge in [-0.15, -0.1) is 0 Å². The second kappa shape index (κ2) is 70.4. The third-order valence-corrected chi connectivity index (χ3v) is 20.5.